The number of phenols is 4. The third-order valence-electron chi connectivity index (χ3n) is 9.11. The molecule has 0 radical (unpaired) electrons. The van der Waals surface area contributed by atoms with Gasteiger partial charge in [-0.05, 0) is 54.8 Å². The number of ether oxygens (including phenoxy) is 7. The van der Waals surface area contributed by atoms with E-state index >= 15 is 0 Å². The molecule has 2 aromatic carbocycles. The quantitative estimate of drug-likeness (QED) is 0.0569. The SMILES string of the molecule is CC1OC(OC2C(O)C(OCCc3ccc(O)c(O)c3)OC(CO)C2OC(=O)C=Cc2ccc(O)c(O)c2)C(O)C(OC2OCC(O)(CO)C2O)C1O. The van der Waals surface area contributed by atoms with Gasteiger partial charge in [-0.1, -0.05) is 12.1 Å². The number of aliphatic hydroxyl groups excluding tert-OH is 6. The molecule has 13 atom stereocenters. The summed E-state index contributed by atoms with van der Waals surface area (Å²) in [5.41, 5.74) is -1.24. The Morgan fingerprint density at radius 1 is 0.830 bits per heavy atom. The predicted molar refractivity (Wildman–Crippen MR) is 174 cm³/mol. The molecule has 0 aromatic heterocycles. The molecule has 53 heavy (non-hydrogen) atoms. The first-order valence-electron chi connectivity index (χ1n) is 16.6. The van der Waals surface area contributed by atoms with Gasteiger partial charge in [0.25, 0.3) is 0 Å². The highest BCUT2D eigenvalue weighted by molar-refractivity contribution is 5.87. The minimum absolute atomic E-state index is 0.130. The smallest absolute Gasteiger partial charge is 0.331 e. The summed E-state index contributed by atoms with van der Waals surface area (Å²) in [7, 11) is 0. The monoisotopic (exact) mass is 756 g/mol. The molecule has 294 valence electrons. The van der Waals surface area contributed by atoms with Crippen molar-refractivity contribution in [2.45, 2.75) is 92.8 Å². The zero-order valence-electron chi connectivity index (χ0n) is 28.3. The van der Waals surface area contributed by atoms with Gasteiger partial charge in [0.15, 0.2) is 48.0 Å². The summed E-state index contributed by atoms with van der Waals surface area (Å²) in [6.45, 7) is -0.940. The number of esters is 1. The van der Waals surface area contributed by atoms with Crippen LogP contribution in [0.2, 0.25) is 0 Å². The highest BCUT2D eigenvalue weighted by atomic mass is 16.8. The second-order valence-corrected chi connectivity index (χ2v) is 12.9. The number of aliphatic hydroxyl groups is 7. The van der Waals surface area contributed by atoms with Crippen molar-refractivity contribution in [2.75, 3.05) is 26.4 Å². The molecule has 0 amide bonds. The Balaban J connectivity index is 1.36. The molecule has 0 spiro atoms. The van der Waals surface area contributed by atoms with Gasteiger partial charge in [-0.15, -0.1) is 0 Å². The number of benzene rings is 2. The Hall–Kier alpha value is -3.67. The first-order chi connectivity index (χ1) is 25.1. The number of carbonyl (C=O) groups is 1. The van der Waals surface area contributed by atoms with Crippen molar-refractivity contribution in [3.63, 3.8) is 0 Å². The molecule has 0 aliphatic carbocycles. The fourth-order valence-electron chi connectivity index (χ4n) is 5.96. The van der Waals surface area contributed by atoms with E-state index in [1.165, 1.54) is 49.4 Å². The summed E-state index contributed by atoms with van der Waals surface area (Å²) in [5.74, 6) is -2.56. The van der Waals surface area contributed by atoms with Crippen LogP contribution >= 0.6 is 0 Å². The Kier molecular flexibility index (Phi) is 13.2. The molecule has 19 nitrogen and oxygen atoms in total. The van der Waals surface area contributed by atoms with Crippen LogP contribution in [0.5, 0.6) is 23.0 Å². The molecule has 3 fully saturated rings. The van der Waals surface area contributed by atoms with Gasteiger partial charge >= 0.3 is 5.97 Å². The van der Waals surface area contributed by atoms with Crippen LogP contribution in [0.3, 0.4) is 0 Å². The van der Waals surface area contributed by atoms with E-state index in [0.717, 1.165) is 6.08 Å². The number of phenolic OH excluding ortho intramolecular Hbond substituents is 4. The Bertz CT molecular complexity index is 1570. The van der Waals surface area contributed by atoms with Crippen LogP contribution in [0.15, 0.2) is 42.5 Å². The maximum absolute atomic E-state index is 13.0. The maximum Gasteiger partial charge on any atom is 0.331 e. The van der Waals surface area contributed by atoms with E-state index in [1.807, 2.05) is 0 Å². The van der Waals surface area contributed by atoms with Crippen LogP contribution in [-0.2, 0) is 44.4 Å². The van der Waals surface area contributed by atoms with Gasteiger partial charge < -0.3 is 89.3 Å². The topological polar surface area (TPSA) is 304 Å². The van der Waals surface area contributed by atoms with Gasteiger partial charge in [-0.25, -0.2) is 4.79 Å². The molecule has 0 saturated carbocycles. The molecule has 3 saturated heterocycles. The normalized spacial score (nSPS) is 36.2. The van der Waals surface area contributed by atoms with Crippen LogP contribution in [0.25, 0.3) is 6.08 Å². The van der Waals surface area contributed by atoms with Gasteiger partial charge in [0.1, 0.15) is 48.3 Å². The molecule has 2 aromatic rings. The van der Waals surface area contributed by atoms with Crippen molar-refractivity contribution in [3.8, 4) is 23.0 Å². The molecule has 0 bridgehead atoms. The van der Waals surface area contributed by atoms with E-state index in [9.17, 15) is 61.0 Å². The van der Waals surface area contributed by atoms with E-state index in [-0.39, 0.29) is 30.3 Å². The largest absolute Gasteiger partial charge is 0.504 e. The van der Waals surface area contributed by atoms with Crippen molar-refractivity contribution >= 4 is 12.0 Å². The summed E-state index contributed by atoms with van der Waals surface area (Å²) < 4.78 is 39.7. The van der Waals surface area contributed by atoms with Gasteiger partial charge in [0.05, 0.1) is 32.5 Å². The zero-order valence-corrected chi connectivity index (χ0v) is 28.3. The van der Waals surface area contributed by atoms with Crippen molar-refractivity contribution in [3.05, 3.63) is 53.6 Å². The number of hydrogen-bond donors (Lipinski definition) is 11. The first-order valence-corrected chi connectivity index (χ1v) is 16.6. The Labute approximate surface area is 302 Å². The van der Waals surface area contributed by atoms with Gasteiger partial charge in [-0.2, -0.15) is 0 Å². The molecule has 3 aliphatic heterocycles. The lowest BCUT2D eigenvalue weighted by Crippen LogP contribution is -2.65. The van der Waals surface area contributed by atoms with E-state index in [4.69, 9.17) is 33.2 Å². The van der Waals surface area contributed by atoms with E-state index < -0.39 is 111 Å². The van der Waals surface area contributed by atoms with Crippen molar-refractivity contribution in [1.82, 2.24) is 0 Å². The summed E-state index contributed by atoms with van der Waals surface area (Å²) >= 11 is 0. The van der Waals surface area contributed by atoms with Crippen LogP contribution in [0.4, 0.5) is 0 Å². The number of rotatable bonds is 13. The highest BCUT2D eigenvalue weighted by Crippen LogP contribution is 2.35. The van der Waals surface area contributed by atoms with E-state index in [1.54, 1.807) is 0 Å². The molecule has 19 heteroatoms. The van der Waals surface area contributed by atoms with Crippen molar-refractivity contribution in [1.29, 1.82) is 0 Å². The summed E-state index contributed by atoms with van der Waals surface area (Å²) in [5, 5.41) is 113. The minimum atomic E-state index is -2.08. The second kappa shape index (κ2) is 17.2. The number of aromatic hydroxyl groups is 4. The first kappa shape index (κ1) is 40.5. The average Bonchev–Trinajstić information content (AvgIpc) is 3.42. The Morgan fingerprint density at radius 3 is 2.13 bits per heavy atom. The molecule has 3 aliphatic rings. The summed E-state index contributed by atoms with van der Waals surface area (Å²) in [6, 6.07) is 7.86. The molecular formula is C34H44O19. The highest BCUT2D eigenvalue weighted by Gasteiger charge is 2.55. The zero-order chi connectivity index (χ0) is 38.6. The molecule has 13 unspecified atom stereocenters. The standard InChI is InChI=1S/C34H44O19/c1-15-24(42)28(52-33-30(45)34(46,13-36)14-48-33)25(43)32(49-15)53-29-26(44)31(47-9-8-17-3-6-19(38)21(40)11-17)50-22(12-35)27(29)51-23(41)7-4-16-2-5-18(37)20(39)10-16/h2-7,10-11,15,22,24-33,35-40,42-46H,8-9,12-14H2,1H3. The minimum Gasteiger partial charge on any atom is -0.504 e. The van der Waals surface area contributed by atoms with Gasteiger partial charge in [0, 0.05) is 6.08 Å². The number of carbonyl (C=O) groups excluding carboxylic acids is 1. The van der Waals surface area contributed by atoms with Crippen LogP contribution in [-0.4, -0.2) is 168 Å². The fourth-order valence-corrected chi connectivity index (χ4v) is 5.96. The van der Waals surface area contributed by atoms with Crippen LogP contribution in [0.1, 0.15) is 18.1 Å². The lowest BCUT2D eigenvalue weighted by Gasteiger charge is -2.47. The molecular weight excluding hydrogens is 712 g/mol. The van der Waals surface area contributed by atoms with Crippen molar-refractivity contribution in [2.24, 2.45) is 0 Å². The lowest BCUT2D eigenvalue weighted by atomic mass is 9.96. The van der Waals surface area contributed by atoms with Crippen molar-refractivity contribution < 1.29 is 94.1 Å². The van der Waals surface area contributed by atoms with E-state index in [2.05, 4.69) is 0 Å². The van der Waals surface area contributed by atoms with Gasteiger partial charge in [0.2, 0.25) is 0 Å². The molecule has 5 rings (SSSR count). The lowest BCUT2D eigenvalue weighted by molar-refractivity contribution is -0.366. The summed E-state index contributed by atoms with van der Waals surface area (Å²) in [6.07, 6.45) is -17.0. The predicted octanol–water partition coefficient (Wildman–Crippen LogP) is -2.55. The fraction of sp³-hybridized carbons (Fsp3) is 0.559. The second-order valence-electron chi connectivity index (χ2n) is 12.9. The Morgan fingerprint density at radius 2 is 1.49 bits per heavy atom. The van der Waals surface area contributed by atoms with Crippen LogP contribution < -0.4 is 0 Å². The third kappa shape index (κ3) is 9.18. The average molecular weight is 757 g/mol. The van der Waals surface area contributed by atoms with Gasteiger partial charge in [-0.3, -0.25) is 0 Å². The van der Waals surface area contributed by atoms with E-state index in [0.29, 0.717) is 11.1 Å². The molecule has 3 heterocycles. The van der Waals surface area contributed by atoms with Crippen LogP contribution in [0, 0.1) is 0 Å². The third-order valence-corrected chi connectivity index (χ3v) is 9.11. The molecule has 11 N–H and O–H groups in total. The number of hydrogen-bond acceptors (Lipinski definition) is 19. The summed E-state index contributed by atoms with van der Waals surface area (Å²) in [4.78, 5) is 13.0. The maximum atomic E-state index is 13.0.